The van der Waals surface area contributed by atoms with Gasteiger partial charge in [-0.25, -0.2) is 4.98 Å². The van der Waals surface area contributed by atoms with Crippen LogP contribution in [0.5, 0.6) is 0 Å². The number of amides is 1. The predicted octanol–water partition coefficient (Wildman–Crippen LogP) is 2.35. The lowest BCUT2D eigenvalue weighted by molar-refractivity contribution is -0.0348. The molecule has 3 heterocycles. The van der Waals surface area contributed by atoms with Crippen molar-refractivity contribution < 1.29 is 13.9 Å². The van der Waals surface area contributed by atoms with Gasteiger partial charge in [-0.2, -0.15) is 0 Å². The lowest BCUT2D eigenvalue weighted by Gasteiger charge is -2.31. The number of aryl methyl sites for hydroxylation is 1. The first kappa shape index (κ1) is 16.1. The van der Waals surface area contributed by atoms with Gasteiger partial charge >= 0.3 is 0 Å². The first-order valence-corrected chi connectivity index (χ1v) is 8.39. The minimum absolute atomic E-state index is 0.0121. The van der Waals surface area contributed by atoms with Gasteiger partial charge in [0, 0.05) is 18.9 Å². The molecule has 0 N–H and O–H groups in total. The molecule has 0 saturated carbocycles. The molecule has 0 aromatic carbocycles. The normalized spacial score (nSPS) is 19.1. The molecule has 0 radical (unpaired) electrons. The predicted molar refractivity (Wildman–Crippen MR) is 84.4 cm³/mol. The summed E-state index contributed by atoms with van der Waals surface area (Å²) in [5, 5.41) is 7.81. The van der Waals surface area contributed by atoms with Gasteiger partial charge in [0.1, 0.15) is 4.88 Å². The van der Waals surface area contributed by atoms with E-state index in [1.165, 1.54) is 11.3 Å². The Bertz CT molecular complexity index is 704. The molecule has 1 saturated heterocycles. The average Bonchev–Trinajstić information content (AvgIpc) is 3.15. The molecule has 1 amide bonds. The standard InChI is InChI=1S/C15H20N4O3S/c1-9-17-18-13(22-9)10-7-19(5-6-21-10)14(20)11-12(15(2,3)4)16-8-23-11/h8,10H,5-7H2,1-4H3/t10-/m0/s1. The summed E-state index contributed by atoms with van der Waals surface area (Å²) >= 11 is 1.38. The lowest BCUT2D eigenvalue weighted by Crippen LogP contribution is -2.42. The minimum atomic E-state index is -0.375. The molecule has 1 aliphatic heterocycles. The van der Waals surface area contributed by atoms with Crippen LogP contribution in [0, 0.1) is 6.92 Å². The molecule has 2 aromatic rings. The molecule has 8 heteroatoms. The zero-order chi connectivity index (χ0) is 16.6. The zero-order valence-corrected chi connectivity index (χ0v) is 14.5. The van der Waals surface area contributed by atoms with Gasteiger partial charge in [-0.15, -0.1) is 21.5 Å². The van der Waals surface area contributed by atoms with E-state index in [0.717, 1.165) is 5.69 Å². The molecule has 0 spiro atoms. The molecule has 2 aromatic heterocycles. The summed E-state index contributed by atoms with van der Waals surface area (Å²) in [7, 11) is 0. The van der Waals surface area contributed by atoms with Crippen molar-refractivity contribution in [2.24, 2.45) is 0 Å². The van der Waals surface area contributed by atoms with Crippen molar-refractivity contribution in [2.45, 2.75) is 39.2 Å². The van der Waals surface area contributed by atoms with E-state index < -0.39 is 0 Å². The second-order valence-electron chi connectivity index (χ2n) is 6.55. The Morgan fingerprint density at radius 1 is 1.39 bits per heavy atom. The van der Waals surface area contributed by atoms with Crippen LogP contribution in [0.3, 0.4) is 0 Å². The molecule has 1 atom stereocenters. The van der Waals surface area contributed by atoms with E-state index in [2.05, 4.69) is 36.0 Å². The monoisotopic (exact) mass is 336 g/mol. The number of hydrogen-bond acceptors (Lipinski definition) is 7. The lowest BCUT2D eigenvalue weighted by atomic mass is 9.91. The Balaban J connectivity index is 1.79. The minimum Gasteiger partial charge on any atom is -0.423 e. The summed E-state index contributed by atoms with van der Waals surface area (Å²) in [5.41, 5.74) is 2.40. The molecule has 1 aliphatic rings. The van der Waals surface area contributed by atoms with Gasteiger partial charge in [-0.3, -0.25) is 4.79 Å². The van der Waals surface area contributed by atoms with Crippen molar-refractivity contribution in [1.82, 2.24) is 20.1 Å². The molecule has 0 unspecified atom stereocenters. The van der Waals surface area contributed by atoms with Crippen molar-refractivity contribution in [1.29, 1.82) is 0 Å². The number of nitrogens with zero attached hydrogens (tertiary/aromatic N) is 4. The highest BCUT2D eigenvalue weighted by Crippen LogP contribution is 2.29. The van der Waals surface area contributed by atoms with Crippen LogP contribution in [0.2, 0.25) is 0 Å². The van der Waals surface area contributed by atoms with Gasteiger partial charge in [0.25, 0.3) is 5.91 Å². The van der Waals surface area contributed by atoms with E-state index in [1.807, 2.05) is 0 Å². The van der Waals surface area contributed by atoms with Gasteiger partial charge in [-0.05, 0) is 0 Å². The van der Waals surface area contributed by atoms with Gasteiger partial charge < -0.3 is 14.1 Å². The third kappa shape index (κ3) is 3.28. The second-order valence-corrected chi connectivity index (χ2v) is 7.40. The van der Waals surface area contributed by atoms with E-state index in [0.29, 0.717) is 36.4 Å². The molecule has 0 bridgehead atoms. The Morgan fingerprint density at radius 3 is 2.83 bits per heavy atom. The van der Waals surface area contributed by atoms with E-state index >= 15 is 0 Å². The van der Waals surface area contributed by atoms with Crippen molar-refractivity contribution in [3.63, 3.8) is 0 Å². The maximum absolute atomic E-state index is 12.9. The molecule has 1 fully saturated rings. The van der Waals surface area contributed by atoms with E-state index in [-0.39, 0.29) is 17.4 Å². The number of morpholine rings is 1. The highest BCUT2D eigenvalue weighted by atomic mass is 32.1. The second kappa shape index (κ2) is 6.01. The first-order valence-electron chi connectivity index (χ1n) is 7.51. The highest BCUT2D eigenvalue weighted by molar-refractivity contribution is 7.11. The molecular formula is C15H20N4O3S. The molecule has 7 nitrogen and oxygen atoms in total. The highest BCUT2D eigenvalue weighted by Gasteiger charge is 2.33. The van der Waals surface area contributed by atoms with E-state index in [1.54, 1.807) is 17.3 Å². The largest absolute Gasteiger partial charge is 0.423 e. The zero-order valence-electron chi connectivity index (χ0n) is 13.7. The summed E-state index contributed by atoms with van der Waals surface area (Å²) < 4.78 is 11.1. The average molecular weight is 336 g/mol. The number of thiazole rings is 1. The maximum atomic E-state index is 12.9. The Labute approximate surface area is 138 Å². The summed E-state index contributed by atoms with van der Waals surface area (Å²) in [6, 6.07) is 0. The van der Waals surface area contributed by atoms with Crippen molar-refractivity contribution >= 4 is 17.2 Å². The summed E-state index contributed by atoms with van der Waals surface area (Å²) in [6.45, 7) is 9.30. The summed E-state index contributed by atoms with van der Waals surface area (Å²) in [4.78, 5) is 19.7. The fourth-order valence-corrected chi connectivity index (χ4v) is 3.46. The Kier molecular flexibility index (Phi) is 4.20. The van der Waals surface area contributed by atoms with Gasteiger partial charge in [-0.1, -0.05) is 20.8 Å². The smallest absolute Gasteiger partial charge is 0.266 e. The van der Waals surface area contributed by atoms with Gasteiger partial charge in [0.05, 0.1) is 24.4 Å². The molecule has 0 aliphatic carbocycles. The fourth-order valence-electron chi connectivity index (χ4n) is 2.50. The Morgan fingerprint density at radius 2 is 2.17 bits per heavy atom. The fraction of sp³-hybridized carbons (Fsp3) is 0.600. The van der Waals surface area contributed by atoms with Crippen LogP contribution >= 0.6 is 11.3 Å². The van der Waals surface area contributed by atoms with E-state index in [9.17, 15) is 4.79 Å². The molecule has 3 rings (SSSR count). The number of carbonyl (C=O) groups excluding carboxylic acids is 1. The molecule has 124 valence electrons. The third-order valence-corrected chi connectivity index (χ3v) is 4.46. The SMILES string of the molecule is Cc1nnc([C@@H]2CN(C(=O)c3scnc3C(C)(C)C)CCO2)o1. The number of ether oxygens (including phenoxy) is 1. The molecule has 23 heavy (non-hydrogen) atoms. The number of rotatable bonds is 2. The van der Waals surface area contributed by atoms with Crippen LogP contribution in [0.4, 0.5) is 0 Å². The van der Waals surface area contributed by atoms with Gasteiger partial charge in [0.15, 0.2) is 6.10 Å². The summed E-state index contributed by atoms with van der Waals surface area (Å²) in [5.74, 6) is 0.895. The van der Waals surface area contributed by atoms with Gasteiger partial charge in [0.2, 0.25) is 11.8 Å². The van der Waals surface area contributed by atoms with Crippen LogP contribution in [0.15, 0.2) is 9.93 Å². The summed E-state index contributed by atoms with van der Waals surface area (Å²) in [6.07, 6.45) is -0.375. The number of carbonyl (C=O) groups is 1. The van der Waals surface area contributed by atoms with Crippen LogP contribution in [0.1, 0.15) is 54.0 Å². The van der Waals surface area contributed by atoms with Crippen molar-refractivity contribution in [3.05, 3.63) is 27.9 Å². The number of hydrogen-bond donors (Lipinski definition) is 0. The van der Waals surface area contributed by atoms with Crippen LogP contribution < -0.4 is 0 Å². The third-order valence-electron chi connectivity index (χ3n) is 3.64. The van der Waals surface area contributed by atoms with E-state index in [4.69, 9.17) is 9.15 Å². The first-order chi connectivity index (χ1) is 10.9. The van der Waals surface area contributed by atoms with Crippen LogP contribution in [0.25, 0.3) is 0 Å². The van der Waals surface area contributed by atoms with Crippen LogP contribution in [-0.4, -0.2) is 45.7 Å². The van der Waals surface area contributed by atoms with Crippen molar-refractivity contribution in [3.8, 4) is 0 Å². The number of aromatic nitrogens is 3. The topological polar surface area (TPSA) is 81.4 Å². The van der Waals surface area contributed by atoms with Crippen molar-refractivity contribution in [2.75, 3.05) is 19.7 Å². The van der Waals surface area contributed by atoms with Crippen LogP contribution in [-0.2, 0) is 10.2 Å². The Hall–Kier alpha value is -1.80. The quantitative estimate of drug-likeness (QED) is 0.837. The molecular weight excluding hydrogens is 316 g/mol. The maximum Gasteiger partial charge on any atom is 0.266 e.